The molecule has 0 spiro atoms. The zero-order valence-corrected chi connectivity index (χ0v) is 19.3. The van der Waals surface area contributed by atoms with Gasteiger partial charge >= 0.3 is 0 Å². The van der Waals surface area contributed by atoms with E-state index in [0.29, 0.717) is 6.54 Å². The lowest BCUT2D eigenvalue weighted by Gasteiger charge is -2.40. The van der Waals surface area contributed by atoms with Gasteiger partial charge in [-0.05, 0) is 53.4 Å². The Balaban J connectivity index is 1.30. The zero-order valence-electron chi connectivity index (χ0n) is 18.5. The van der Waals surface area contributed by atoms with E-state index >= 15 is 0 Å². The number of nitrogens with one attached hydrogen (secondary N) is 1. The highest BCUT2D eigenvalue weighted by molar-refractivity contribution is 7.12. The van der Waals surface area contributed by atoms with E-state index in [9.17, 15) is 4.79 Å². The Morgan fingerprint density at radius 1 is 1.06 bits per heavy atom. The Labute approximate surface area is 197 Å². The second-order valence-electron chi connectivity index (χ2n) is 8.04. The van der Waals surface area contributed by atoms with Crippen LogP contribution in [0.1, 0.15) is 21.3 Å². The van der Waals surface area contributed by atoms with Gasteiger partial charge in [0.2, 0.25) is 6.79 Å². The lowest BCUT2D eigenvalue weighted by atomic mass is 10.0. The van der Waals surface area contributed by atoms with E-state index in [-0.39, 0.29) is 18.7 Å². The summed E-state index contributed by atoms with van der Waals surface area (Å²) >= 11 is 1.45. The number of thiophene rings is 1. The number of carbonyl (C=O) groups excluding carboxylic acids is 1. The van der Waals surface area contributed by atoms with Crippen LogP contribution < -0.4 is 24.4 Å². The summed E-state index contributed by atoms with van der Waals surface area (Å²) in [4.78, 5) is 18.2. The van der Waals surface area contributed by atoms with Gasteiger partial charge in [-0.3, -0.25) is 9.69 Å². The van der Waals surface area contributed by atoms with Crippen molar-refractivity contribution in [3.05, 3.63) is 70.4 Å². The van der Waals surface area contributed by atoms with E-state index in [2.05, 4.69) is 33.3 Å². The first-order chi connectivity index (χ1) is 16.2. The lowest BCUT2D eigenvalue weighted by Crippen LogP contribution is -2.49. The van der Waals surface area contributed by atoms with Crippen molar-refractivity contribution in [3.63, 3.8) is 0 Å². The third kappa shape index (κ3) is 4.77. The number of piperazine rings is 1. The van der Waals surface area contributed by atoms with Gasteiger partial charge in [-0.2, -0.15) is 0 Å². The van der Waals surface area contributed by atoms with Gasteiger partial charge in [0.05, 0.1) is 18.0 Å². The molecule has 0 bridgehead atoms. The van der Waals surface area contributed by atoms with E-state index in [1.165, 1.54) is 17.0 Å². The minimum atomic E-state index is -0.0346. The van der Waals surface area contributed by atoms with Crippen molar-refractivity contribution < 1.29 is 19.0 Å². The molecule has 172 valence electrons. The summed E-state index contributed by atoms with van der Waals surface area (Å²) in [5.74, 6) is 2.36. The highest BCUT2D eigenvalue weighted by atomic mass is 32.1. The molecule has 2 aliphatic rings. The first-order valence-electron chi connectivity index (χ1n) is 11.1. The molecule has 0 aliphatic carbocycles. The highest BCUT2D eigenvalue weighted by Gasteiger charge is 2.27. The number of amides is 1. The minimum Gasteiger partial charge on any atom is -0.497 e. The zero-order chi connectivity index (χ0) is 22.6. The second-order valence-corrected chi connectivity index (χ2v) is 8.98. The Bertz CT molecular complexity index is 1080. The summed E-state index contributed by atoms with van der Waals surface area (Å²) in [6.45, 7) is 4.37. The third-order valence-corrected chi connectivity index (χ3v) is 7.04. The molecule has 0 radical (unpaired) electrons. The van der Waals surface area contributed by atoms with E-state index in [1.807, 2.05) is 41.8 Å². The standard InChI is InChI=1S/C25H27N3O4S/c1-30-20-7-5-19(6-8-20)27-10-12-28(13-11-27)21(16-26-25(29)24-3-2-14-33-24)18-4-9-22-23(15-18)32-17-31-22/h2-9,14-15,21H,10-13,16-17H2,1H3,(H,26,29)/t21-/m1/s1. The smallest absolute Gasteiger partial charge is 0.261 e. The summed E-state index contributed by atoms with van der Waals surface area (Å²) in [6, 6.07) is 18.1. The number of fused-ring (bicyclic) bond motifs is 1. The summed E-state index contributed by atoms with van der Waals surface area (Å²) < 4.78 is 16.4. The topological polar surface area (TPSA) is 63.3 Å². The number of benzene rings is 2. The van der Waals surface area contributed by atoms with Gasteiger partial charge in [0, 0.05) is 38.4 Å². The van der Waals surface area contributed by atoms with Gasteiger partial charge in [0.25, 0.3) is 5.91 Å². The number of nitrogens with zero attached hydrogens (tertiary/aromatic N) is 2. The second kappa shape index (κ2) is 9.72. The molecule has 3 aromatic rings. The van der Waals surface area contributed by atoms with Crippen LogP contribution in [-0.4, -0.2) is 57.4 Å². The Kier molecular flexibility index (Phi) is 6.37. The van der Waals surface area contributed by atoms with Crippen LogP contribution in [0.15, 0.2) is 60.0 Å². The maximum absolute atomic E-state index is 12.6. The van der Waals surface area contributed by atoms with Crippen molar-refractivity contribution in [3.8, 4) is 17.2 Å². The number of anilines is 1. The fourth-order valence-corrected chi connectivity index (χ4v) is 4.99. The molecular weight excluding hydrogens is 438 g/mol. The van der Waals surface area contributed by atoms with Crippen LogP contribution in [0.25, 0.3) is 0 Å². The number of hydrogen-bond donors (Lipinski definition) is 1. The van der Waals surface area contributed by atoms with E-state index in [0.717, 1.165) is 53.9 Å². The molecule has 1 atom stereocenters. The number of methoxy groups -OCH3 is 1. The van der Waals surface area contributed by atoms with Crippen LogP contribution in [0.3, 0.4) is 0 Å². The highest BCUT2D eigenvalue weighted by Crippen LogP contribution is 2.36. The predicted molar refractivity (Wildman–Crippen MR) is 129 cm³/mol. The normalized spacial score (nSPS) is 16.5. The molecule has 1 N–H and O–H groups in total. The molecule has 1 aromatic heterocycles. The number of carbonyl (C=O) groups is 1. The molecule has 1 amide bonds. The van der Waals surface area contributed by atoms with Crippen LogP contribution >= 0.6 is 11.3 Å². The molecule has 5 rings (SSSR count). The van der Waals surface area contributed by atoms with Crippen molar-refractivity contribution in [1.82, 2.24) is 10.2 Å². The Morgan fingerprint density at radius 3 is 2.58 bits per heavy atom. The fourth-order valence-electron chi connectivity index (χ4n) is 4.35. The molecule has 33 heavy (non-hydrogen) atoms. The van der Waals surface area contributed by atoms with Crippen LogP contribution in [0, 0.1) is 0 Å². The van der Waals surface area contributed by atoms with Crippen molar-refractivity contribution >= 4 is 22.9 Å². The van der Waals surface area contributed by atoms with Gasteiger partial charge in [0.15, 0.2) is 11.5 Å². The average molecular weight is 466 g/mol. The largest absolute Gasteiger partial charge is 0.497 e. The predicted octanol–water partition coefficient (Wildman–Crippen LogP) is 3.78. The van der Waals surface area contributed by atoms with Crippen molar-refractivity contribution in [2.24, 2.45) is 0 Å². The Hall–Kier alpha value is -3.23. The first kappa shape index (κ1) is 21.6. The summed E-state index contributed by atoms with van der Waals surface area (Å²) in [6.07, 6.45) is 0. The monoisotopic (exact) mass is 465 g/mol. The molecule has 7 nitrogen and oxygen atoms in total. The molecular formula is C25H27N3O4S. The third-order valence-electron chi connectivity index (χ3n) is 6.17. The molecule has 0 unspecified atom stereocenters. The van der Waals surface area contributed by atoms with Gasteiger partial charge in [-0.15, -0.1) is 11.3 Å². The van der Waals surface area contributed by atoms with Crippen LogP contribution in [0.5, 0.6) is 17.2 Å². The molecule has 2 aliphatic heterocycles. The number of rotatable bonds is 7. The maximum atomic E-state index is 12.6. The summed E-state index contributed by atoms with van der Waals surface area (Å²) in [7, 11) is 1.68. The van der Waals surface area contributed by atoms with E-state index in [4.69, 9.17) is 14.2 Å². The molecule has 3 heterocycles. The summed E-state index contributed by atoms with van der Waals surface area (Å²) in [5, 5.41) is 5.05. The maximum Gasteiger partial charge on any atom is 0.261 e. The Morgan fingerprint density at radius 2 is 1.85 bits per heavy atom. The molecule has 1 saturated heterocycles. The van der Waals surface area contributed by atoms with Crippen LogP contribution in [0.4, 0.5) is 5.69 Å². The van der Waals surface area contributed by atoms with Crippen LogP contribution in [-0.2, 0) is 0 Å². The van der Waals surface area contributed by atoms with Gasteiger partial charge in [-0.1, -0.05) is 12.1 Å². The van der Waals surface area contributed by atoms with E-state index in [1.54, 1.807) is 7.11 Å². The van der Waals surface area contributed by atoms with Gasteiger partial charge < -0.3 is 24.4 Å². The molecule has 2 aromatic carbocycles. The SMILES string of the molecule is COc1ccc(N2CCN([C@H](CNC(=O)c3cccs3)c3ccc4c(c3)OCO4)CC2)cc1. The number of ether oxygens (including phenoxy) is 3. The van der Waals surface area contributed by atoms with Crippen molar-refractivity contribution in [2.45, 2.75) is 6.04 Å². The van der Waals surface area contributed by atoms with Gasteiger partial charge in [-0.25, -0.2) is 0 Å². The molecule has 0 saturated carbocycles. The molecule has 8 heteroatoms. The van der Waals surface area contributed by atoms with Crippen molar-refractivity contribution in [1.29, 1.82) is 0 Å². The average Bonchev–Trinajstić information content (AvgIpc) is 3.57. The number of hydrogen-bond acceptors (Lipinski definition) is 7. The quantitative estimate of drug-likeness (QED) is 0.573. The van der Waals surface area contributed by atoms with E-state index < -0.39 is 0 Å². The first-order valence-corrected chi connectivity index (χ1v) is 11.9. The molecule has 1 fully saturated rings. The van der Waals surface area contributed by atoms with Crippen LogP contribution in [0.2, 0.25) is 0 Å². The summed E-state index contributed by atoms with van der Waals surface area (Å²) in [5.41, 5.74) is 2.31. The lowest BCUT2D eigenvalue weighted by molar-refractivity contribution is 0.0934. The fraction of sp³-hybridized carbons (Fsp3) is 0.320. The minimum absolute atomic E-state index is 0.0346. The van der Waals surface area contributed by atoms with Gasteiger partial charge in [0.1, 0.15) is 5.75 Å². The van der Waals surface area contributed by atoms with Crippen molar-refractivity contribution in [2.75, 3.05) is 51.5 Å².